The van der Waals surface area contributed by atoms with E-state index in [1.807, 2.05) is 19.2 Å². The number of nitrogens with zero attached hydrogens (tertiary/aromatic N) is 1. The highest BCUT2D eigenvalue weighted by molar-refractivity contribution is 5.83. The molecule has 2 N–H and O–H groups in total. The molecule has 2 rings (SSSR count). The van der Waals surface area contributed by atoms with Crippen LogP contribution in [-0.4, -0.2) is 4.57 Å². The van der Waals surface area contributed by atoms with Crippen LogP contribution in [0.4, 0.5) is 0 Å². The van der Waals surface area contributed by atoms with Crippen molar-refractivity contribution in [3.8, 4) is 12.3 Å². The lowest BCUT2D eigenvalue weighted by atomic mass is 10.2. The first-order chi connectivity index (χ1) is 7.22. The number of nitrogens with two attached hydrogens (primary N) is 1. The van der Waals surface area contributed by atoms with Gasteiger partial charge in [0.15, 0.2) is 0 Å². The number of fused-ring (bicyclic) bond motifs is 1. The summed E-state index contributed by atoms with van der Waals surface area (Å²) >= 11 is 0. The third-order valence-corrected chi connectivity index (χ3v) is 2.46. The summed E-state index contributed by atoms with van der Waals surface area (Å²) in [4.78, 5) is 0. The van der Waals surface area contributed by atoms with Crippen molar-refractivity contribution in [1.82, 2.24) is 4.57 Å². The zero-order valence-electron chi connectivity index (χ0n) is 8.57. The van der Waals surface area contributed by atoms with E-state index in [0.29, 0.717) is 5.70 Å². The summed E-state index contributed by atoms with van der Waals surface area (Å²) in [7, 11) is 2.00. The minimum atomic E-state index is 0.445. The van der Waals surface area contributed by atoms with Gasteiger partial charge in [-0.05, 0) is 18.2 Å². The molecule has 0 saturated heterocycles. The van der Waals surface area contributed by atoms with Crippen LogP contribution in [0.2, 0.25) is 0 Å². The van der Waals surface area contributed by atoms with E-state index < -0.39 is 0 Å². The van der Waals surface area contributed by atoms with Crippen LogP contribution in [0.15, 0.2) is 36.0 Å². The van der Waals surface area contributed by atoms with Crippen LogP contribution in [0.25, 0.3) is 17.0 Å². The number of para-hydroxylation sites is 1. The van der Waals surface area contributed by atoms with Gasteiger partial charge >= 0.3 is 0 Å². The molecule has 2 nitrogen and oxygen atoms in total. The van der Waals surface area contributed by atoms with Crippen molar-refractivity contribution in [2.45, 2.75) is 0 Å². The predicted molar refractivity (Wildman–Crippen MR) is 63.9 cm³/mol. The minimum absolute atomic E-state index is 0.445. The second kappa shape index (κ2) is 3.55. The van der Waals surface area contributed by atoms with E-state index in [9.17, 15) is 0 Å². The molecule has 2 heteroatoms. The highest BCUT2D eigenvalue weighted by Crippen LogP contribution is 2.19. The van der Waals surface area contributed by atoms with Crippen molar-refractivity contribution in [2.24, 2.45) is 12.8 Å². The van der Waals surface area contributed by atoms with E-state index >= 15 is 0 Å². The molecule has 0 fully saturated rings. The number of hydrogen-bond acceptors (Lipinski definition) is 1. The number of terminal acetylenes is 1. The van der Waals surface area contributed by atoms with Gasteiger partial charge in [-0.25, -0.2) is 0 Å². The number of aromatic nitrogens is 1. The number of benzene rings is 1. The topological polar surface area (TPSA) is 30.9 Å². The van der Waals surface area contributed by atoms with E-state index in [4.69, 9.17) is 12.2 Å². The van der Waals surface area contributed by atoms with Crippen molar-refractivity contribution >= 4 is 17.0 Å². The van der Waals surface area contributed by atoms with Crippen molar-refractivity contribution < 1.29 is 0 Å². The van der Waals surface area contributed by atoms with Gasteiger partial charge in [-0.3, -0.25) is 0 Å². The third-order valence-electron chi connectivity index (χ3n) is 2.46. The van der Waals surface area contributed by atoms with Crippen LogP contribution in [0.3, 0.4) is 0 Å². The van der Waals surface area contributed by atoms with E-state index in [-0.39, 0.29) is 0 Å². The van der Waals surface area contributed by atoms with Crippen molar-refractivity contribution in [2.75, 3.05) is 0 Å². The monoisotopic (exact) mass is 196 g/mol. The molecule has 0 radical (unpaired) electrons. The summed E-state index contributed by atoms with van der Waals surface area (Å²) < 4.78 is 2.07. The Labute approximate surface area is 89.0 Å². The van der Waals surface area contributed by atoms with Crippen molar-refractivity contribution in [1.29, 1.82) is 0 Å². The van der Waals surface area contributed by atoms with Gasteiger partial charge < -0.3 is 10.3 Å². The van der Waals surface area contributed by atoms with Gasteiger partial charge in [0.25, 0.3) is 0 Å². The van der Waals surface area contributed by atoms with Crippen LogP contribution in [-0.2, 0) is 7.05 Å². The molecule has 1 aromatic heterocycles. The summed E-state index contributed by atoms with van der Waals surface area (Å²) in [6.45, 7) is 0. The van der Waals surface area contributed by atoms with Gasteiger partial charge in [-0.1, -0.05) is 24.1 Å². The lowest BCUT2D eigenvalue weighted by Crippen LogP contribution is -1.95. The summed E-state index contributed by atoms with van der Waals surface area (Å²) in [5, 5.41) is 1.19. The van der Waals surface area contributed by atoms with Crippen LogP contribution >= 0.6 is 0 Å². The average molecular weight is 196 g/mol. The van der Waals surface area contributed by atoms with Crippen molar-refractivity contribution in [3.05, 3.63) is 41.7 Å². The molecule has 0 aliphatic rings. The molecule has 0 saturated carbocycles. The molecular weight excluding hydrogens is 184 g/mol. The van der Waals surface area contributed by atoms with E-state index in [2.05, 4.69) is 28.7 Å². The van der Waals surface area contributed by atoms with Gasteiger partial charge in [0.05, 0.1) is 5.70 Å². The lowest BCUT2D eigenvalue weighted by molar-refractivity contribution is 0.953. The molecular formula is C13H12N2. The Morgan fingerprint density at radius 2 is 2.20 bits per heavy atom. The van der Waals surface area contributed by atoms with E-state index in [1.54, 1.807) is 6.08 Å². The SMILES string of the molecule is C#CC(N)=Cc1cc2ccccc2n1C. The Morgan fingerprint density at radius 3 is 2.87 bits per heavy atom. The normalized spacial score (nSPS) is 11.6. The summed E-state index contributed by atoms with van der Waals surface area (Å²) in [5.74, 6) is 2.41. The minimum Gasteiger partial charge on any atom is -0.392 e. The number of hydrogen-bond donors (Lipinski definition) is 1. The second-order valence-electron chi connectivity index (χ2n) is 3.43. The largest absolute Gasteiger partial charge is 0.392 e. The molecule has 0 aliphatic heterocycles. The Bertz CT molecular complexity index is 568. The highest BCUT2D eigenvalue weighted by Gasteiger charge is 2.02. The van der Waals surface area contributed by atoms with Crippen LogP contribution in [0.1, 0.15) is 5.69 Å². The smallest absolute Gasteiger partial charge is 0.0845 e. The Kier molecular flexibility index (Phi) is 2.23. The molecule has 15 heavy (non-hydrogen) atoms. The van der Waals surface area contributed by atoms with Crippen LogP contribution in [0.5, 0.6) is 0 Å². The Morgan fingerprint density at radius 1 is 1.47 bits per heavy atom. The molecule has 0 bridgehead atoms. The summed E-state index contributed by atoms with van der Waals surface area (Å²) in [6.07, 6.45) is 7.02. The Balaban J connectivity index is 2.65. The predicted octanol–water partition coefficient (Wildman–Crippen LogP) is 2.11. The Hall–Kier alpha value is -2.14. The first kappa shape index (κ1) is 9.42. The standard InChI is InChI=1S/C13H12N2/c1-3-11(14)9-12-8-10-6-4-5-7-13(10)15(12)2/h1,4-9H,14H2,2H3. The highest BCUT2D eigenvalue weighted by atomic mass is 14.9. The molecule has 0 spiro atoms. The van der Waals surface area contributed by atoms with E-state index in [0.717, 1.165) is 5.69 Å². The van der Waals surface area contributed by atoms with Gasteiger partial charge in [0.1, 0.15) is 0 Å². The zero-order valence-corrected chi connectivity index (χ0v) is 8.57. The van der Waals surface area contributed by atoms with Gasteiger partial charge in [0.2, 0.25) is 0 Å². The van der Waals surface area contributed by atoms with Crippen molar-refractivity contribution in [3.63, 3.8) is 0 Å². The lowest BCUT2D eigenvalue weighted by Gasteiger charge is -1.99. The summed E-state index contributed by atoms with van der Waals surface area (Å²) in [5.41, 5.74) is 8.25. The molecule has 1 aromatic carbocycles. The van der Waals surface area contributed by atoms with E-state index in [1.165, 1.54) is 10.9 Å². The number of allylic oxidation sites excluding steroid dienone is 1. The average Bonchev–Trinajstić information content (AvgIpc) is 2.57. The molecule has 1 heterocycles. The molecule has 2 aromatic rings. The van der Waals surface area contributed by atoms with Gasteiger partial charge in [-0.15, -0.1) is 6.42 Å². The quantitative estimate of drug-likeness (QED) is 0.696. The molecule has 0 aliphatic carbocycles. The maximum absolute atomic E-state index is 5.61. The van der Waals surface area contributed by atoms with Gasteiger partial charge in [-0.2, -0.15) is 0 Å². The van der Waals surface area contributed by atoms with Crippen LogP contribution < -0.4 is 5.73 Å². The second-order valence-corrected chi connectivity index (χ2v) is 3.43. The maximum Gasteiger partial charge on any atom is 0.0845 e. The first-order valence-electron chi connectivity index (χ1n) is 4.70. The molecule has 0 unspecified atom stereocenters. The molecule has 0 atom stereocenters. The third kappa shape index (κ3) is 1.60. The fourth-order valence-corrected chi connectivity index (χ4v) is 1.65. The fourth-order valence-electron chi connectivity index (χ4n) is 1.65. The zero-order chi connectivity index (χ0) is 10.8. The summed E-state index contributed by atoms with van der Waals surface area (Å²) in [6, 6.07) is 10.2. The molecule has 0 amide bonds. The van der Waals surface area contributed by atoms with Gasteiger partial charge in [0, 0.05) is 23.6 Å². The fraction of sp³-hybridized carbons (Fsp3) is 0.0769. The molecule has 74 valence electrons. The maximum atomic E-state index is 5.61. The number of rotatable bonds is 1. The number of aryl methyl sites for hydroxylation is 1. The van der Waals surface area contributed by atoms with Crippen LogP contribution in [0, 0.1) is 12.3 Å². The first-order valence-corrected chi connectivity index (χ1v) is 4.70.